The predicted molar refractivity (Wildman–Crippen MR) is 116 cm³/mol. The van der Waals surface area contributed by atoms with Crippen LogP contribution < -0.4 is 4.74 Å². The molecule has 4 N–H and O–H groups in total. The van der Waals surface area contributed by atoms with Gasteiger partial charge in [-0.3, -0.25) is 0 Å². The minimum absolute atomic E-state index is 0.287. The van der Waals surface area contributed by atoms with Crippen LogP contribution in [0.25, 0.3) is 0 Å². The molecule has 1 aliphatic carbocycles. The quantitative estimate of drug-likeness (QED) is 0.506. The van der Waals surface area contributed by atoms with Crippen molar-refractivity contribution in [3.05, 3.63) is 63.7 Å². The van der Waals surface area contributed by atoms with Crippen molar-refractivity contribution in [2.24, 2.45) is 0 Å². The van der Waals surface area contributed by atoms with Crippen LogP contribution in [0.5, 0.6) is 5.75 Å². The number of aliphatic hydroxyl groups is 4. The van der Waals surface area contributed by atoms with Crippen LogP contribution in [0, 0.1) is 0 Å². The van der Waals surface area contributed by atoms with Gasteiger partial charge in [0.2, 0.25) is 0 Å². The summed E-state index contributed by atoms with van der Waals surface area (Å²) >= 11 is 0. The molecule has 0 radical (unpaired) electrons. The van der Waals surface area contributed by atoms with Crippen molar-refractivity contribution in [1.82, 2.24) is 0 Å². The van der Waals surface area contributed by atoms with Gasteiger partial charge in [-0.25, -0.2) is 0 Å². The maximum absolute atomic E-state index is 12.5. The zero-order valence-electron chi connectivity index (χ0n) is 18.8. The van der Waals surface area contributed by atoms with Gasteiger partial charge in [-0.2, -0.15) is 0 Å². The van der Waals surface area contributed by atoms with Crippen molar-refractivity contribution in [3.63, 3.8) is 0 Å². The van der Waals surface area contributed by atoms with E-state index in [1.165, 1.54) is 23.3 Å². The van der Waals surface area contributed by atoms with E-state index in [2.05, 4.69) is 4.74 Å². The molecule has 34 heavy (non-hydrogen) atoms. The number of aliphatic hydroxyl groups excluding tert-OH is 4. The fourth-order valence-electron chi connectivity index (χ4n) is 5.18. The number of ether oxygens (including phenoxy) is 2. The molecule has 6 nitrogen and oxygen atoms in total. The van der Waals surface area contributed by atoms with Crippen molar-refractivity contribution < 1.29 is 43.1 Å². The molecule has 1 aliphatic heterocycles. The maximum atomic E-state index is 12.5. The molecule has 1 saturated heterocycles. The average Bonchev–Trinajstić information content (AvgIpc) is 3.28. The van der Waals surface area contributed by atoms with E-state index in [0.29, 0.717) is 18.4 Å². The van der Waals surface area contributed by atoms with E-state index < -0.39 is 43.5 Å². The SMILES string of the molecule is CCc1c([C@@H]2O[C@H](CO)C(O)C(O)[C@@H]2O)cc(Cc2ccc(OC(F)(F)F)cc2)c2c1CCC2. The largest absolute Gasteiger partial charge is 0.573 e. The minimum atomic E-state index is -4.75. The highest BCUT2D eigenvalue weighted by molar-refractivity contribution is 5.51. The molecule has 0 amide bonds. The molecule has 2 unspecified atom stereocenters. The summed E-state index contributed by atoms with van der Waals surface area (Å²) in [6.07, 6.45) is -7.15. The molecule has 2 aliphatic rings. The number of rotatable bonds is 6. The van der Waals surface area contributed by atoms with Crippen molar-refractivity contribution >= 4 is 0 Å². The Balaban J connectivity index is 1.70. The lowest BCUT2D eigenvalue weighted by Crippen LogP contribution is -2.55. The Kier molecular flexibility index (Phi) is 7.21. The van der Waals surface area contributed by atoms with Gasteiger partial charge >= 0.3 is 6.36 Å². The molecule has 2 aromatic carbocycles. The number of fused-ring (bicyclic) bond motifs is 1. The molecule has 2 aromatic rings. The molecular weight excluding hydrogens is 453 g/mol. The third-order valence-electron chi connectivity index (χ3n) is 6.75. The first kappa shape index (κ1) is 24.9. The Hall–Kier alpha value is -2.17. The summed E-state index contributed by atoms with van der Waals surface area (Å²) in [7, 11) is 0. The molecule has 186 valence electrons. The number of benzene rings is 2. The Bertz CT molecular complexity index is 1010. The summed E-state index contributed by atoms with van der Waals surface area (Å²) in [4.78, 5) is 0. The first-order valence-electron chi connectivity index (χ1n) is 11.4. The van der Waals surface area contributed by atoms with Crippen LogP contribution >= 0.6 is 0 Å². The van der Waals surface area contributed by atoms with Gasteiger partial charge in [0.25, 0.3) is 0 Å². The van der Waals surface area contributed by atoms with E-state index in [9.17, 15) is 33.6 Å². The maximum Gasteiger partial charge on any atom is 0.573 e. The zero-order chi connectivity index (χ0) is 24.6. The van der Waals surface area contributed by atoms with Gasteiger partial charge in [0.15, 0.2) is 0 Å². The highest BCUT2D eigenvalue weighted by Crippen LogP contribution is 2.40. The fourth-order valence-corrected chi connectivity index (χ4v) is 5.18. The Labute approximate surface area is 195 Å². The van der Waals surface area contributed by atoms with Gasteiger partial charge in [0.05, 0.1) is 6.61 Å². The minimum Gasteiger partial charge on any atom is -0.406 e. The van der Waals surface area contributed by atoms with Gasteiger partial charge in [0.1, 0.15) is 36.3 Å². The molecule has 0 saturated carbocycles. The predicted octanol–water partition coefficient (Wildman–Crippen LogP) is 2.74. The third kappa shape index (κ3) is 4.94. The first-order chi connectivity index (χ1) is 16.1. The topological polar surface area (TPSA) is 99.4 Å². The highest BCUT2D eigenvalue weighted by Gasteiger charge is 2.45. The van der Waals surface area contributed by atoms with Gasteiger partial charge < -0.3 is 29.9 Å². The lowest BCUT2D eigenvalue weighted by Gasteiger charge is -2.41. The second-order valence-corrected chi connectivity index (χ2v) is 8.89. The van der Waals surface area contributed by atoms with Gasteiger partial charge in [0, 0.05) is 0 Å². The van der Waals surface area contributed by atoms with Gasteiger partial charge in [-0.05, 0) is 77.6 Å². The number of halogens is 3. The van der Waals surface area contributed by atoms with Gasteiger partial charge in [-0.1, -0.05) is 25.1 Å². The molecule has 9 heteroatoms. The molecular formula is C25H29F3O6. The number of hydrogen-bond acceptors (Lipinski definition) is 6. The van der Waals surface area contributed by atoms with Crippen molar-refractivity contribution in [2.45, 2.75) is 75.9 Å². The Morgan fingerprint density at radius 2 is 1.68 bits per heavy atom. The highest BCUT2D eigenvalue weighted by atomic mass is 19.4. The van der Waals surface area contributed by atoms with Crippen LogP contribution in [0.1, 0.15) is 52.8 Å². The normalized spacial score (nSPS) is 27.0. The van der Waals surface area contributed by atoms with Crippen LogP contribution in [0.4, 0.5) is 13.2 Å². The molecule has 1 heterocycles. The summed E-state index contributed by atoms with van der Waals surface area (Å²) in [5.74, 6) is -0.287. The summed E-state index contributed by atoms with van der Waals surface area (Å²) in [6, 6.07) is 7.66. The zero-order valence-corrected chi connectivity index (χ0v) is 18.8. The summed E-state index contributed by atoms with van der Waals surface area (Å²) in [6.45, 7) is 1.49. The second-order valence-electron chi connectivity index (χ2n) is 8.89. The third-order valence-corrected chi connectivity index (χ3v) is 6.75. The first-order valence-corrected chi connectivity index (χ1v) is 11.4. The molecule has 1 fully saturated rings. The van der Waals surface area contributed by atoms with E-state index in [4.69, 9.17) is 4.74 Å². The fraction of sp³-hybridized carbons (Fsp3) is 0.520. The second kappa shape index (κ2) is 9.83. The van der Waals surface area contributed by atoms with Crippen molar-refractivity contribution in [3.8, 4) is 5.75 Å². The van der Waals surface area contributed by atoms with E-state index in [1.54, 1.807) is 12.1 Å². The molecule has 0 spiro atoms. The van der Waals surface area contributed by atoms with Crippen molar-refractivity contribution in [1.29, 1.82) is 0 Å². The monoisotopic (exact) mass is 482 g/mol. The molecule has 0 bridgehead atoms. The number of alkyl halides is 3. The van der Waals surface area contributed by atoms with Crippen LogP contribution in [0.15, 0.2) is 30.3 Å². The lowest BCUT2D eigenvalue weighted by molar-refractivity contribution is -0.274. The molecule has 0 aromatic heterocycles. The van der Waals surface area contributed by atoms with E-state index in [-0.39, 0.29) is 5.75 Å². The van der Waals surface area contributed by atoms with Crippen LogP contribution in [-0.4, -0.2) is 57.8 Å². The van der Waals surface area contributed by atoms with Gasteiger partial charge in [-0.15, -0.1) is 13.2 Å². The average molecular weight is 482 g/mol. The van der Waals surface area contributed by atoms with Crippen molar-refractivity contribution in [2.75, 3.05) is 6.61 Å². The van der Waals surface area contributed by atoms with Crippen LogP contribution in [0.3, 0.4) is 0 Å². The van der Waals surface area contributed by atoms with E-state index >= 15 is 0 Å². The lowest BCUT2D eigenvalue weighted by atomic mass is 9.83. The van der Waals surface area contributed by atoms with Crippen LogP contribution in [0.2, 0.25) is 0 Å². The summed E-state index contributed by atoms with van der Waals surface area (Å²) in [5, 5.41) is 40.8. The Morgan fingerprint density at radius 1 is 1.00 bits per heavy atom. The Morgan fingerprint density at radius 3 is 2.29 bits per heavy atom. The smallest absolute Gasteiger partial charge is 0.406 e. The summed E-state index contributed by atoms with van der Waals surface area (Å²) < 4.78 is 47.2. The van der Waals surface area contributed by atoms with E-state index in [0.717, 1.165) is 36.0 Å². The van der Waals surface area contributed by atoms with Crippen LogP contribution in [-0.2, 0) is 30.4 Å². The standard InChI is InChI=1S/C25H29F3O6/c1-2-16-18-5-3-4-17(18)14(10-13-6-8-15(9-7-13)34-25(26,27)28)11-19(16)24-23(32)22(31)21(30)20(12-29)33-24/h6-9,11,20-24,29-32H,2-5,10,12H2,1H3/t20-,21?,22?,23+,24+/m1/s1. The van der Waals surface area contributed by atoms with E-state index in [1.807, 2.05) is 13.0 Å². The molecule has 5 atom stereocenters. The summed E-state index contributed by atoms with van der Waals surface area (Å²) in [5.41, 5.74) is 5.86. The molecule has 4 rings (SSSR count). The number of hydrogen-bond donors (Lipinski definition) is 4.